The van der Waals surface area contributed by atoms with Gasteiger partial charge in [0.15, 0.2) is 22.4 Å². The molecule has 3 aromatic heterocycles. The zero-order valence-electron chi connectivity index (χ0n) is 18.6. The summed E-state index contributed by atoms with van der Waals surface area (Å²) in [4.78, 5) is 25.6. The van der Waals surface area contributed by atoms with Crippen molar-refractivity contribution in [2.24, 2.45) is 0 Å². The van der Waals surface area contributed by atoms with Crippen LogP contribution in [0.25, 0.3) is 27.5 Å². The van der Waals surface area contributed by atoms with Crippen molar-refractivity contribution in [3.63, 3.8) is 0 Å². The number of para-hydroxylation sites is 2. The van der Waals surface area contributed by atoms with Crippen molar-refractivity contribution in [2.45, 2.75) is 18.0 Å². The Hall–Kier alpha value is -4.04. The summed E-state index contributed by atoms with van der Waals surface area (Å²) in [5.74, 6) is 0.421. The van der Waals surface area contributed by atoms with E-state index in [0.717, 1.165) is 34.3 Å². The number of nitrogens with one attached hydrogen (secondary N) is 1. The van der Waals surface area contributed by atoms with Crippen molar-refractivity contribution in [2.75, 3.05) is 5.75 Å². The number of nitrogens with zero attached hydrogens (tertiary/aromatic N) is 4. The monoisotopic (exact) mass is 481 g/mol. The van der Waals surface area contributed by atoms with Crippen LogP contribution in [0.15, 0.2) is 84.1 Å². The molecule has 3 heterocycles. The number of rotatable bonds is 7. The Morgan fingerprint density at radius 3 is 2.54 bits per heavy atom. The Balaban J connectivity index is 1.30. The molecule has 0 unspecified atom stereocenters. The highest BCUT2D eigenvalue weighted by Crippen LogP contribution is 2.25. The first-order valence-corrected chi connectivity index (χ1v) is 12.3. The maximum Gasteiger partial charge on any atom is 0.192 e. The highest BCUT2D eigenvalue weighted by Gasteiger charge is 2.16. The first-order valence-electron chi connectivity index (χ1n) is 11.3. The lowest BCUT2D eigenvalue weighted by Gasteiger charge is -2.06. The second kappa shape index (κ2) is 8.96. The van der Waals surface area contributed by atoms with Crippen LogP contribution in [0.1, 0.15) is 21.7 Å². The summed E-state index contributed by atoms with van der Waals surface area (Å²) < 4.78 is 14.9. The predicted octanol–water partition coefficient (Wildman–Crippen LogP) is 5.66. The normalized spacial score (nSPS) is 11.6. The molecule has 6 aromatic rings. The molecule has 172 valence electrons. The van der Waals surface area contributed by atoms with Crippen molar-refractivity contribution in [1.29, 1.82) is 0 Å². The van der Waals surface area contributed by atoms with Crippen LogP contribution in [0, 0.1) is 5.82 Å². The minimum absolute atomic E-state index is 0.0993. The average molecular weight is 482 g/mol. The maximum atomic E-state index is 13.2. The van der Waals surface area contributed by atoms with Crippen LogP contribution in [0.5, 0.6) is 0 Å². The lowest BCUT2D eigenvalue weighted by atomic mass is 10.1. The number of fused-ring (bicyclic) bond motifs is 4. The first-order chi connectivity index (χ1) is 17.2. The molecule has 8 heteroatoms. The number of aryl methyl sites for hydroxylation is 2. The molecule has 0 aliphatic rings. The van der Waals surface area contributed by atoms with Crippen molar-refractivity contribution in [1.82, 2.24) is 24.6 Å². The third kappa shape index (κ3) is 4.17. The summed E-state index contributed by atoms with van der Waals surface area (Å²) in [5, 5.41) is 7.47. The summed E-state index contributed by atoms with van der Waals surface area (Å²) >= 11 is 1.30. The van der Waals surface area contributed by atoms with E-state index in [0.29, 0.717) is 17.1 Å². The van der Waals surface area contributed by atoms with Crippen molar-refractivity contribution in [3.05, 3.63) is 102 Å². The molecule has 0 saturated carbocycles. The fourth-order valence-electron chi connectivity index (χ4n) is 4.21. The van der Waals surface area contributed by atoms with Crippen molar-refractivity contribution >= 4 is 45.0 Å². The third-order valence-corrected chi connectivity index (χ3v) is 6.91. The smallest absolute Gasteiger partial charge is 0.192 e. The zero-order valence-corrected chi connectivity index (χ0v) is 19.4. The lowest BCUT2D eigenvalue weighted by Crippen LogP contribution is -2.05. The van der Waals surface area contributed by atoms with E-state index in [1.165, 1.54) is 47.0 Å². The molecule has 3 aromatic carbocycles. The molecule has 0 aliphatic carbocycles. The van der Waals surface area contributed by atoms with E-state index in [-0.39, 0.29) is 17.4 Å². The van der Waals surface area contributed by atoms with Crippen LogP contribution in [-0.4, -0.2) is 36.1 Å². The SMILES string of the molecule is O=C(CSc1nc2ccccc2c2nc(CCc3c[nH]c4ccccc34)nn12)c1ccc(F)cc1. The third-order valence-electron chi connectivity index (χ3n) is 5.98. The van der Waals surface area contributed by atoms with Gasteiger partial charge >= 0.3 is 0 Å². The van der Waals surface area contributed by atoms with Gasteiger partial charge in [-0.15, -0.1) is 5.10 Å². The molecule has 0 aliphatic heterocycles. The highest BCUT2D eigenvalue weighted by molar-refractivity contribution is 7.99. The van der Waals surface area contributed by atoms with Crippen LogP contribution < -0.4 is 0 Å². The number of Topliss-reactive ketones (excluding diaryl/α,β-unsaturated/α-hetero) is 1. The van der Waals surface area contributed by atoms with E-state index in [4.69, 9.17) is 15.1 Å². The van der Waals surface area contributed by atoms with Crippen LogP contribution >= 0.6 is 11.8 Å². The number of carbonyl (C=O) groups is 1. The summed E-state index contributed by atoms with van der Waals surface area (Å²) in [5.41, 5.74) is 4.33. The van der Waals surface area contributed by atoms with Gasteiger partial charge in [-0.05, 0) is 54.4 Å². The number of thioether (sulfide) groups is 1. The van der Waals surface area contributed by atoms with Crippen LogP contribution in [0.4, 0.5) is 4.39 Å². The summed E-state index contributed by atoms with van der Waals surface area (Å²) in [6.45, 7) is 0. The Labute approximate surface area is 204 Å². The van der Waals surface area contributed by atoms with Gasteiger partial charge in [-0.1, -0.05) is 42.1 Å². The Bertz CT molecular complexity index is 1690. The standard InChI is InChI=1S/C27H20FN5OS/c28-19-12-9-17(10-13-19)24(34)16-35-27-30-23-8-4-2-6-21(23)26-31-25(32-33(26)27)14-11-18-15-29-22-7-3-1-5-20(18)22/h1-10,12-13,15,29H,11,14,16H2. The summed E-state index contributed by atoms with van der Waals surface area (Å²) in [7, 11) is 0. The molecular weight excluding hydrogens is 461 g/mol. The summed E-state index contributed by atoms with van der Waals surface area (Å²) in [6, 6.07) is 21.6. The lowest BCUT2D eigenvalue weighted by molar-refractivity contribution is 0.102. The van der Waals surface area contributed by atoms with Gasteiger partial charge in [0.2, 0.25) is 0 Å². The highest BCUT2D eigenvalue weighted by atomic mass is 32.2. The molecule has 6 rings (SSSR count). The van der Waals surface area contributed by atoms with Gasteiger partial charge in [0.25, 0.3) is 0 Å². The zero-order chi connectivity index (χ0) is 23.8. The number of aromatic amines is 1. The molecule has 1 N–H and O–H groups in total. The molecule has 35 heavy (non-hydrogen) atoms. The van der Waals surface area contributed by atoms with E-state index >= 15 is 0 Å². The second-order valence-electron chi connectivity index (χ2n) is 8.25. The van der Waals surface area contributed by atoms with E-state index in [1.54, 1.807) is 4.52 Å². The summed E-state index contributed by atoms with van der Waals surface area (Å²) in [6.07, 6.45) is 3.52. The van der Waals surface area contributed by atoms with E-state index in [2.05, 4.69) is 17.1 Å². The van der Waals surface area contributed by atoms with Gasteiger partial charge in [-0.3, -0.25) is 4.79 Å². The van der Waals surface area contributed by atoms with Crippen molar-refractivity contribution < 1.29 is 9.18 Å². The largest absolute Gasteiger partial charge is 0.361 e. The minimum atomic E-state index is -0.366. The number of aromatic nitrogens is 5. The van der Waals surface area contributed by atoms with Gasteiger partial charge < -0.3 is 4.98 Å². The van der Waals surface area contributed by atoms with Gasteiger partial charge in [-0.25, -0.2) is 14.4 Å². The number of hydrogen-bond acceptors (Lipinski definition) is 5. The molecule has 6 nitrogen and oxygen atoms in total. The number of ketones is 1. The molecule has 0 saturated heterocycles. The second-order valence-corrected chi connectivity index (χ2v) is 9.20. The quantitative estimate of drug-likeness (QED) is 0.181. The molecule has 0 radical (unpaired) electrons. The van der Waals surface area contributed by atoms with Crippen LogP contribution in [0.3, 0.4) is 0 Å². The van der Waals surface area contributed by atoms with E-state index in [1.807, 2.05) is 42.6 Å². The Kier molecular flexibility index (Phi) is 5.50. The number of carbonyl (C=O) groups excluding carboxylic acids is 1. The van der Waals surface area contributed by atoms with Crippen LogP contribution in [-0.2, 0) is 12.8 Å². The molecule has 0 fully saturated rings. The Morgan fingerprint density at radius 2 is 1.69 bits per heavy atom. The molecule has 0 amide bonds. The van der Waals surface area contributed by atoms with E-state index in [9.17, 15) is 9.18 Å². The molecule has 0 atom stereocenters. The maximum absolute atomic E-state index is 13.2. The number of benzene rings is 3. The fraction of sp³-hybridized carbons (Fsp3) is 0.111. The average Bonchev–Trinajstić information content (AvgIpc) is 3.51. The number of H-pyrrole nitrogens is 1. The molecule has 0 bridgehead atoms. The van der Waals surface area contributed by atoms with E-state index < -0.39 is 0 Å². The van der Waals surface area contributed by atoms with Crippen LogP contribution in [0.2, 0.25) is 0 Å². The molecular formula is C27H20FN5OS. The topological polar surface area (TPSA) is 75.9 Å². The first kappa shape index (κ1) is 21.5. The van der Waals surface area contributed by atoms with Gasteiger partial charge in [0.1, 0.15) is 5.82 Å². The van der Waals surface area contributed by atoms with Gasteiger partial charge in [-0.2, -0.15) is 4.52 Å². The van der Waals surface area contributed by atoms with Crippen molar-refractivity contribution in [3.8, 4) is 0 Å². The number of halogens is 1. The number of hydrogen-bond donors (Lipinski definition) is 1. The molecule has 0 spiro atoms. The minimum Gasteiger partial charge on any atom is -0.361 e. The predicted molar refractivity (Wildman–Crippen MR) is 135 cm³/mol. The Morgan fingerprint density at radius 1 is 0.914 bits per heavy atom. The van der Waals surface area contributed by atoms with Gasteiger partial charge in [0.05, 0.1) is 11.3 Å². The fourth-order valence-corrected chi connectivity index (χ4v) is 5.05. The van der Waals surface area contributed by atoms with Gasteiger partial charge in [0, 0.05) is 34.5 Å².